The van der Waals surface area contributed by atoms with Crippen LogP contribution in [0.5, 0.6) is 5.75 Å². The van der Waals surface area contributed by atoms with Crippen LogP contribution in [0.15, 0.2) is 27.5 Å². The molecule has 2 rings (SSSR count). The van der Waals surface area contributed by atoms with E-state index in [1.54, 1.807) is 6.92 Å². The largest absolute Gasteiger partial charge is 0.495 e. The van der Waals surface area contributed by atoms with Gasteiger partial charge in [0.1, 0.15) is 28.0 Å². The van der Waals surface area contributed by atoms with Gasteiger partial charge in [-0.15, -0.1) is 0 Å². The maximum absolute atomic E-state index is 13.8. The molecule has 9 heteroatoms. The van der Waals surface area contributed by atoms with Crippen molar-refractivity contribution >= 4 is 21.7 Å². The molecule has 2 aromatic rings. The summed E-state index contributed by atoms with van der Waals surface area (Å²) in [6.45, 7) is 3.07. The Balaban J connectivity index is 2.49. The first-order valence-corrected chi connectivity index (χ1v) is 7.84. The van der Waals surface area contributed by atoms with Crippen LogP contribution in [0.3, 0.4) is 0 Å². The molecule has 0 radical (unpaired) electrons. The van der Waals surface area contributed by atoms with Gasteiger partial charge in [0.15, 0.2) is 0 Å². The molecule has 124 valence electrons. The smallest absolute Gasteiger partial charge is 0.338 e. The lowest BCUT2D eigenvalue weighted by Gasteiger charge is -2.12. The summed E-state index contributed by atoms with van der Waals surface area (Å²) < 4.78 is 50.8. The van der Waals surface area contributed by atoms with Crippen LogP contribution >= 0.6 is 0 Å². The number of aryl methyl sites for hydroxylation is 2. The van der Waals surface area contributed by atoms with Crippen molar-refractivity contribution in [3.8, 4) is 5.75 Å². The fourth-order valence-electron chi connectivity index (χ4n) is 2.04. The molecule has 2 N–H and O–H groups in total. The zero-order chi connectivity index (χ0) is 17.4. The molecule has 1 aromatic carbocycles. The molecule has 0 unspecified atom stereocenters. The number of hydrogen-bond donors (Lipinski definition) is 2. The number of anilines is 1. The number of nitrogens with one attached hydrogen (secondary N) is 1. The first-order chi connectivity index (χ1) is 10.7. The lowest BCUT2D eigenvalue weighted by atomic mass is 10.2. The van der Waals surface area contributed by atoms with E-state index in [1.807, 2.05) is 0 Å². The van der Waals surface area contributed by atoms with Crippen molar-refractivity contribution in [1.82, 2.24) is 0 Å². The number of carboxylic acid groups (broad SMARTS) is 1. The summed E-state index contributed by atoms with van der Waals surface area (Å²) in [5, 5.41) is 8.88. The van der Waals surface area contributed by atoms with E-state index in [2.05, 4.69) is 4.72 Å². The number of benzene rings is 1. The number of carboxylic acids is 1. The fourth-order valence-corrected chi connectivity index (χ4v) is 3.34. The third-order valence-electron chi connectivity index (χ3n) is 3.05. The molecule has 0 spiro atoms. The number of carbonyl (C=O) groups is 1. The first kappa shape index (κ1) is 16.8. The van der Waals surface area contributed by atoms with Crippen LogP contribution in [0.4, 0.5) is 10.1 Å². The van der Waals surface area contributed by atoms with Gasteiger partial charge in [0.2, 0.25) is 0 Å². The molecule has 1 aromatic heterocycles. The zero-order valence-corrected chi connectivity index (χ0v) is 13.3. The molecule has 0 amide bonds. The zero-order valence-electron chi connectivity index (χ0n) is 12.5. The Kier molecular flexibility index (Phi) is 4.33. The highest BCUT2D eigenvalue weighted by atomic mass is 32.2. The highest BCUT2D eigenvalue weighted by molar-refractivity contribution is 7.92. The van der Waals surface area contributed by atoms with Gasteiger partial charge in [0.05, 0.1) is 18.4 Å². The number of methoxy groups -OCH3 is 1. The van der Waals surface area contributed by atoms with Crippen LogP contribution in [-0.2, 0) is 10.0 Å². The summed E-state index contributed by atoms with van der Waals surface area (Å²) in [6.07, 6.45) is 0. The second-order valence-corrected chi connectivity index (χ2v) is 6.37. The van der Waals surface area contributed by atoms with Gasteiger partial charge in [-0.2, -0.15) is 0 Å². The van der Waals surface area contributed by atoms with Crippen LogP contribution in [-0.4, -0.2) is 26.6 Å². The second-order valence-electron chi connectivity index (χ2n) is 4.72. The summed E-state index contributed by atoms with van der Waals surface area (Å²) in [5.41, 5.74) is -0.839. The van der Waals surface area contributed by atoms with Gasteiger partial charge in [0, 0.05) is 12.1 Å². The van der Waals surface area contributed by atoms with E-state index in [9.17, 15) is 17.6 Å². The Bertz CT molecular complexity index is 872. The predicted octanol–water partition coefficient (Wildman–Crippen LogP) is 2.54. The highest BCUT2D eigenvalue weighted by Crippen LogP contribution is 2.31. The number of halogens is 1. The van der Waals surface area contributed by atoms with E-state index in [1.165, 1.54) is 20.1 Å². The SMILES string of the molecule is COc1cc(C(=O)O)c(F)cc1NS(=O)(=O)c1cc(C)oc1C. The van der Waals surface area contributed by atoms with Gasteiger partial charge in [-0.1, -0.05) is 0 Å². The molecule has 23 heavy (non-hydrogen) atoms. The fraction of sp³-hybridized carbons (Fsp3) is 0.214. The third-order valence-corrected chi connectivity index (χ3v) is 4.52. The Morgan fingerprint density at radius 3 is 2.43 bits per heavy atom. The average Bonchev–Trinajstić information content (AvgIpc) is 2.78. The summed E-state index contributed by atoms with van der Waals surface area (Å²) in [6, 6.07) is 2.98. The topological polar surface area (TPSA) is 106 Å². The van der Waals surface area contributed by atoms with Gasteiger partial charge in [-0.3, -0.25) is 4.72 Å². The normalized spacial score (nSPS) is 11.3. The average molecular weight is 343 g/mol. The first-order valence-electron chi connectivity index (χ1n) is 6.36. The molecule has 0 saturated carbocycles. The minimum atomic E-state index is -4.04. The molecular weight excluding hydrogens is 329 g/mol. The van der Waals surface area contributed by atoms with Crippen molar-refractivity contribution < 1.29 is 31.9 Å². The summed E-state index contributed by atoms with van der Waals surface area (Å²) in [4.78, 5) is 10.8. The van der Waals surface area contributed by atoms with Crippen molar-refractivity contribution in [2.45, 2.75) is 18.7 Å². The molecule has 1 heterocycles. The van der Waals surface area contributed by atoms with Crippen molar-refractivity contribution in [2.75, 3.05) is 11.8 Å². The number of hydrogen-bond acceptors (Lipinski definition) is 5. The van der Waals surface area contributed by atoms with Crippen molar-refractivity contribution in [1.29, 1.82) is 0 Å². The van der Waals surface area contributed by atoms with Crippen LogP contribution < -0.4 is 9.46 Å². The van der Waals surface area contributed by atoms with E-state index in [0.717, 1.165) is 12.1 Å². The van der Waals surface area contributed by atoms with Crippen LogP contribution in [0, 0.1) is 19.7 Å². The minimum Gasteiger partial charge on any atom is -0.495 e. The highest BCUT2D eigenvalue weighted by Gasteiger charge is 2.24. The molecular formula is C14H14FNO6S. The maximum atomic E-state index is 13.8. The van der Waals surface area contributed by atoms with Gasteiger partial charge in [0.25, 0.3) is 10.0 Å². The van der Waals surface area contributed by atoms with E-state index in [-0.39, 0.29) is 22.1 Å². The lowest BCUT2D eigenvalue weighted by molar-refractivity contribution is 0.0691. The van der Waals surface area contributed by atoms with E-state index in [4.69, 9.17) is 14.3 Å². The van der Waals surface area contributed by atoms with Crippen molar-refractivity contribution in [3.05, 3.63) is 41.1 Å². The third kappa shape index (κ3) is 3.29. The van der Waals surface area contributed by atoms with Gasteiger partial charge in [-0.05, 0) is 19.9 Å². The van der Waals surface area contributed by atoms with Gasteiger partial charge < -0.3 is 14.3 Å². The van der Waals surface area contributed by atoms with Gasteiger partial charge in [-0.25, -0.2) is 17.6 Å². The molecule has 0 fully saturated rings. The maximum Gasteiger partial charge on any atom is 0.338 e. The number of aromatic carboxylic acids is 1. The summed E-state index contributed by atoms with van der Waals surface area (Å²) in [7, 11) is -2.83. The predicted molar refractivity (Wildman–Crippen MR) is 78.9 cm³/mol. The molecule has 0 bridgehead atoms. The van der Waals surface area contributed by atoms with Crippen LogP contribution in [0.1, 0.15) is 21.9 Å². The van der Waals surface area contributed by atoms with Gasteiger partial charge >= 0.3 is 5.97 Å². The quantitative estimate of drug-likeness (QED) is 0.864. The molecule has 0 aliphatic heterocycles. The monoisotopic (exact) mass is 343 g/mol. The molecule has 7 nitrogen and oxygen atoms in total. The molecule has 0 atom stereocenters. The van der Waals surface area contributed by atoms with E-state index in [0.29, 0.717) is 5.76 Å². The van der Waals surface area contributed by atoms with Crippen molar-refractivity contribution in [2.24, 2.45) is 0 Å². The van der Waals surface area contributed by atoms with Crippen LogP contribution in [0.2, 0.25) is 0 Å². The number of rotatable bonds is 5. The molecule has 0 aliphatic carbocycles. The Labute approximate surface area is 131 Å². The summed E-state index contributed by atoms with van der Waals surface area (Å²) >= 11 is 0. The standard InChI is InChI=1S/C14H14FNO6S/c1-7-4-13(8(2)22-7)23(19,20)16-11-6-10(15)9(14(17)18)5-12(11)21-3/h4-6,16H,1-3H3,(H,17,18). The Hall–Kier alpha value is -2.55. The molecule has 0 saturated heterocycles. The number of furan rings is 1. The van der Waals surface area contributed by atoms with E-state index < -0.39 is 27.4 Å². The summed E-state index contributed by atoms with van der Waals surface area (Å²) in [5.74, 6) is -2.11. The Morgan fingerprint density at radius 1 is 1.30 bits per heavy atom. The minimum absolute atomic E-state index is 0.0974. The van der Waals surface area contributed by atoms with E-state index >= 15 is 0 Å². The van der Waals surface area contributed by atoms with Crippen molar-refractivity contribution in [3.63, 3.8) is 0 Å². The second kappa shape index (κ2) is 5.92. The lowest BCUT2D eigenvalue weighted by Crippen LogP contribution is -2.15. The van der Waals surface area contributed by atoms with Crippen LogP contribution in [0.25, 0.3) is 0 Å². The number of ether oxygens (including phenoxy) is 1. The molecule has 0 aliphatic rings. The number of sulfonamides is 1. The Morgan fingerprint density at radius 2 is 1.96 bits per heavy atom.